The van der Waals surface area contributed by atoms with E-state index in [-0.39, 0.29) is 39.4 Å². The van der Waals surface area contributed by atoms with Gasteiger partial charge >= 0.3 is 19.5 Å². The molecule has 0 unspecified atom stereocenters. The van der Waals surface area contributed by atoms with Gasteiger partial charge in [0.15, 0.2) is 0 Å². The molecule has 0 spiro atoms. The maximum Gasteiger partial charge on any atom is 0.494 e. The minimum Gasteiger partial charge on any atom is -0.399 e. The molecular weight excluding hydrogens is 1240 g/mol. The summed E-state index contributed by atoms with van der Waals surface area (Å²) < 4.78 is 223. The van der Waals surface area contributed by atoms with Gasteiger partial charge in [-0.3, -0.25) is 19.6 Å². The van der Waals surface area contributed by atoms with Crippen molar-refractivity contribution in [3.05, 3.63) is 172 Å². The van der Waals surface area contributed by atoms with Crippen LogP contribution in [0.1, 0.15) is 63.1 Å². The van der Waals surface area contributed by atoms with Crippen LogP contribution in [0.5, 0.6) is 0 Å². The molecule has 0 radical (unpaired) electrons. The second-order valence-electron chi connectivity index (χ2n) is 20.2. The van der Waals surface area contributed by atoms with Crippen molar-refractivity contribution < 1.29 is 88.4 Å². The van der Waals surface area contributed by atoms with Gasteiger partial charge < -0.3 is 19.9 Å². The number of amides is 2. The van der Waals surface area contributed by atoms with Crippen molar-refractivity contribution in [1.29, 1.82) is 0 Å². The fourth-order valence-corrected chi connectivity index (χ4v) is 12.1. The molecule has 3 aliphatic rings. The summed E-state index contributed by atoms with van der Waals surface area (Å²) in [5.41, 5.74) is -1.88. The molecule has 5 heterocycles. The summed E-state index contributed by atoms with van der Waals surface area (Å²) >= 11 is 2.98. The Labute approximate surface area is 483 Å². The van der Waals surface area contributed by atoms with E-state index in [4.69, 9.17) is 9.31 Å². The van der Waals surface area contributed by atoms with Gasteiger partial charge in [-0.2, -0.15) is 35.0 Å². The second-order valence-corrected chi connectivity index (χ2v) is 24.9. The predicted octanol–water partition coefficient (Wildman–Crippen LogP) is 10.0. The van der Waals surface area contributed by atoms with E-state index in [0.29, 0.717) is 19.8 Å². The van der Waals surface area contributed by atoms with Crippen LogP contribution in [-0.4, -0.2) is 103 Å². The minimum atomic E-state index is -4.62. The van der Waals surface area contributed by atoms with Crippen LogP contribution in [0.15, 0.2) is 136 Å². The van der Waals surface area contributed by atoms with Crippen molar-refractivity contribution in [1.82, 2.24) is 29.2 Å². The third kappa shape index (κ3) is 15.5. The molecule has 84 heavy (non-hydrogen) atoms. The molecule has 14 nitrogen and oxygen atoms in total. The summed E-state index contributed by atoms with van der Waals surface area (Å²) in [6, 6.07) is 17.3. The smallest absolute Gasteiger partial charge is 0.399 e. The van der Waals surface area contributed by atoms with Crippen LogP contribution < -0.4 is 16.1 Å². The Kier molecular flexibility index (Phi) is 19.9. The van der Waals surface area contributed by atoms with Crippen molar-refractivity contribution in [3.63, 3.8) is 0 Å². The largest absolute Gasteiger partial charge is 0.494 e. The first-order valence-electron chi connectivity index (χ1n) is 25.1. The fourth-order valence-electron chi connectivity index (χ4n) is 8.63. The Morgan fingerprint density at radius 3 is 1.40 bits per heavy atom. The highest BCUT2D eigenvalue weighted by Crippen LogP contribution is 2.37. The lowest BCUT2D eigenvalue weighted by molar-refractivity contribution is -0.141. The van der Waals surface area contributed by atoms with Gasteiger partial charge in [-0.05, 0) is 140 Å². The van der Waals surface area contributed by atoms with Crippen LogP contribution in [0, 0.1) is 23.3 Å². The van der Waals surface area contributed by atoms with Gasteiger partial charge in [0.25, 0.3) is 0 Å². The quantitative estimate of drug-likeness (QED) is 0.0886. The molecule has 2 N–H and O–H groups in total. The zero-order chi connectivity index (χ0) is 61.9. The van der Waals surface area contributed by atoms with Gasteiger partial charge in [0.05, 0.1) is 21.0 Å². The Balaban J connectivity index is 0.000000204. The highest BCUT2D eigenvalue weighted by molar-refractivity contribution is 9.10. The van der Waals surface area contributed by atoms with Crippen molar-refractivity contribution in [2.24, 2.45) is 0 Å². The molecule has 3 aliphatic heterocycles. The summed E-state index contributed by atoms with van der Waals surface area (Å²) in [7, 11) is -9.31. The topological polar surface area (TPSA) is 177 Å². The number of carbonyl (C=O) groups is 2. The van der Waals surface area contributed by atoms with E-state index < -0.39 is 148 Å². The molecule has 3 saturated heterocycles. The molecule has 4 aromatic carbocycles. The van der Waals surface area contributed by atoms with Gasteiger partial charge in [-0.1, -0.05) is 24.3 Å². The van der Waals surface area contributed by atoms with Crippen molar-refractivity contribution in [3.8, 4) is 11.1 Å². The van der Waals surface area contributed by atoms with Gasteiger partial charge in [-0.25, -0.2) is 43.2 Å². The fraction of sp³-hybridized carbons (Fsp3) is 0.333. The highest BCUT2D eigenvalue weighted by atomic mass is 79.9. The van der Waals surface area contributed by atoms with Crippen LogP contribution in [0.2, 0.25) is 0 Å². The van der Waals surface area contributed by atoms with Gasteiger partial charge in [0, 0.05) is 72.6 Å². The summed E-state index contributed by atoms with van der Waals surface area (Å²) in [6.45, 7) is 5.82. The lowest BCUT2D eigenvalue weighted by Crippen LogP contribution is -2.45. The molecule has 6 aromatic rings. The molecule has 9 rings (SSSR count). The number of rotatable bonds is 12. The van der Waals surface area contributed by atoms with E-state index in [2.05, 4.69) is 36.5 Å². The Hall–Kier alpha value is -6.44. The van der Waals surface area contributed by atoms with E-state index in [1.54, 1.807) is 0 Å². The number of aromatic nitrogens is 2. The zero-order valence-electron chi connectivity index (χ0n) is 44.5. The average Bonchev–Trinajstić information content (AvgIpc) is 4.29. The Morgan fingerprint density at radius 1 is 0.595 bits per heavy atom. The molecule has 2 aromatic heterocycles. The van der Waals surface area contributed by atoms with E-state index >= 15 is 0 Å². The number of alkyl halides is 8. The number of sulfonamides is 2. The minimum absolute atomic E-state index is 0.0338. The first-order valence-corrected chi connectivity index (χ1v) is 28.8. The normalized spacial score (nSPS) is 19.9. The third-order valence-corrected chi connectivity index (χ3v) is 18.1. The molecule has 2 amide bonds. The lowest BCUT2D eigenvalue weighted by Gasteiger charge is -2.32. The van der Waals surface area contributed by atoms with E-state index in [0.717, 1.165) is 83.4 Å². The summed E-state index contributed by atoms with van der Waals surface area (Å²) in [6.07, 6.45) is -10.8. The summed E-state index contributed by atoms with van der Waals surface area (Å²) in [4.78, 5) is 31.7. The maximum atomic E-state index is 14.5. The van der Waals surface area contributed by atoms with E-state index in [1.807, 2.05) is 27.7 Å². The molecule has 0 saturated carbocycles. The first kappa shape index (κ1) is 65.1. The van der Waals surface area contributed by atoms with Gasteiger partial charge in [-0.15, -0.1) is 0 Å². The number of nitrogens with one attached hydrogen (secondary N) is 2. The molecule has 30 heteroatoms. The summed E-state index contributed by atoms with van der Waals surface area (Å²) in [5, 5.41) is 4.92. The third-order valence-electron chi connectivity index (χ3n) is 13.8. The number of halogens is 13. The number of benzene rings is 4. The van der Waals surface area contributed by atoms with E-state index in [9.17, 15) is 79.1 Å². The van der Waals surface area contributed by atoms with Gasteiger partial charge in [0.1, 0.15) is 59.1 Å². The predicted molar refractivity (Wildman–Crippen MR) is 285 cm³/mol. The van der Waals surface area contributed by atoms with Gasteiger partial charge in [0.2, 0.25) is 31.9 Å². The summed E-state index contributed by atoms with van der Waals surface area (Å²) in [5.74, 6) is -4.24. The van der Waals surface area contributed by atoms with Crippen LogP contribution in [0.25, 0.3) is 11.1 Å². The molecule has 3 fully saturated rings. The standard InChI is InChI=1S/C24H28BF3N2O5S.C24H19F6N3O3S.C6H3BrF3N/c1-23(2)24(3,4)35-25(34-23)16-5-10-20(28)15(11-16)13-29-22(31)21-12-18(27)14-30(21)36(32,33)19-8-6-17(26)7-9-19;25-17-3-5-19(6-4-17)37(35,36)33-13-18(26)10-21(33)23(34)32-12-16-9-14(1-7-20(16)27)15-2-8-22(31-11-15)24(28,29)30;7-4-1-2-5(11-3-4)6(8,9)10/h5-11,18,21H,12-14H2,1-4H3,(H,29,31);1-9,11,18,21H,10,12-13H2,(H,32,34);1-3H/t2*18-,21+;/m11./s1. The molecule has 450 valence electrons. The van der Waals surface area contributed by atoms with Crippen molar-refractivity contribution in [2.75, 3.05) is 13.1 Å². The second kappa shape index (κ2) is 25.6. The molecule has 0 bridgehead atoms. The highest BCUT2D eigenvalue weighted by Gasteiger charge is 2.52. The first-order chi connectivity index (χ1) is 39.1. The van der Waals surface area contributed by atoms with Crippen LogP contribution in [0.3, 0.4) is 0 Å². The number of pyridine rings is 2. The maximum absolute atomic E-state index is 14.5. The van der Waals surface area contributed by atoms with Crippen molar-refractivity contribution >= 4 is 60.4 Å². The average molecular weight is 1290 g/mol. The molecule has 0 aliphatic carbocycles. The number of hydrogen-bond donors (Lipinski definition) is 2. The van der Waals surface area contributed by atoms with Crippen molar-refractivity contribution in [2.45, 2.75) is 111 Å². The Morgan fingerprint density at radius 2 is 1.00 bits per heavy atom. The molecular formula is C54H50BBrF12N6O8S2. The Bertz CT molecular complexity index is 3540. The number of carbonyl (C=O) groups excluding carboxylic acids is 2. The van der Waals surface area contributed by atoms with Crippen LogP contribution >= 0.6 is 15.9 Å². The monoisotopic (exact) mass is 1290 g/mol. The van der Waals surface area contributed by atoms with Crippen LogP contribution in [-0.2, 0) is 64.4 Å². The SMILES string of the molecule is CC1(C)OB(c2ccc(F)c(CNC(=O)[C@@H]3C[C@@H](F)CN3S(=O)(=O)c3ccc(F)cc3)c2)OC1(C)C.FC(F)(F)c1ccc(Br)cn1.O=C(NCc1cc(-c2ccc(C(F)(F)F)nc2)ccc1F)[C@@H]1C[C@@H](F)CN1S(=O)(=O)c1ccc(F)cc1. The number of hydrogen-bond acceptors (Lipinski definition) is 10. The van der Waals surface area contributed by atoms with E-state index in [1.165, 1.54) is 42.5 Å². The van der Waals surface area contributed by atoms with Crippen LogP contribution in [0.4, 0.5) is 52.7 Å². The lowest BCUT2D eigenvalue weighted by atomic mass is 9.78. The molecule has 4 atom stereocenters. The zero-order valence-corrected chi connectivity index (χ0v) is 47.7. The number of nitrogens with zero attached hydrogens (tertiary/aromatic N) is 4.